The van der Waals surface area contributed by atoms with Crippen LogP contribution in [0.25, 0.3) is 0 Å². The van der Waals surface area contributed by atoms with Gasteiger partial charge in [0, 0.05) is 18.5 Å². The molecule has 1 rings (SSSR count). The fourth-order valence-electron chi connectivity index (χ4n) is 1.92. The second kappa shape index (κ2) is 7.13. The van der Waals surface area contributed by atoms with Gasteiger partial charge in [0.05, 0.1) is 6.10 Å². The first kappa shape index (κ1) is 14.7. The number of hydrogen-bond acceptors (Lipinski definition) is 3. The Hall–Kier alpha value is -1.39. The van der Waals surface area contributed by atoms with Crippen LogP contribution >= 0.6 is 0 Å². The summed E-state index contributed by atoms with van der Waals surface area (Å²) in [6.07, 6.45) is 0.392. The molecule has 4 nitrogen and oxygen atoms in total. The van der Waals surface area contributed by atoms with Crippen molar-refractivity contribution in [2.75, 3.05) is 0 Å². The molecule has 0 saturated carbocycles. The molecule has 0 aliphatic rings. The first-order chi connectivity index (χ1) is 8.49. The number of amides is 1. The normalized spacial score (nSPS) is 15.8. The Labute approximate surface area is 108 Å². The van der Waals surface area contributed by atoms with Crippen molar-refractivity contribution >= 4 is 5.91 Å². The summed E-state index contributed by atoms with van der Waals surface area (Å²) >= 11 is 0. The molecule has 100 valence electrons. The van der Waals surface area contributed by atoms with Crippen molar-refractivity contribution < 1.29 is 9.90 Å². The van der Waals surface area contributed by atoms with Gasteiger partial charge in [0.2, 0.25) is 5.91 Å². The van der Waals surface area contributed by atoms with Crippen molar-refractivity contribution in [1.29, 1.82) is 0 Å². The van der Waals surface area contributed by atoms with E-state index in [1.807, 2.05) is 37.3 Å². The lowest BCUT2D eigenvalue weighted by Crippen LogP contribution is -2.36. The van der Waals surface area contributed by atoms with Crippen LogP contribution in [0.5, 0.6) is 0 Å². The molecule has 0 radical (unpaired) electrons. The van der Waals surface area contributed by atoms with Crippen LogP contribution in [0.2, 0.25) is 0 Å². The Morgan fingerprint density at radius 2 is 1.94 bits per heavy atom. The Morgan fingerprint density at radius 1 is 1.33 bits per heavy atom. The fourth-order valence-corrected chi connectivity index (χ4v) is 1.92. The number of hydrogen-bond donors (Lipinski definition) is 3. The molecule has 3 unspecified atom stereocenters. The Morgan fingerprint density at radius 3 is 2.50 bits per heavy atom. The topological polar surface area (TPSA) is 75.3 Å². The smallest absolute Gasteiger partial charge is 0.222 e. The lowest BCUT2D eigenvalue weighted by Gasteiger charge is -2.17. The average Bonchev–Trinajstić information content (AvgIpc) is 2.28. The average molecular weight is 250 g/mol. The number of carbonyl (C=O) groups is 1. The maximum atomic E-state index is 11.7. The molecule has 0 saturated heterocycles. The molecule has 3 atom stereocenters. The highest BCUT2D eigenvalue weighted by Gasteiger charge is 2.14. The SMILES string of the molecule is CC(O)CC(C)NC(=O)CC(N)c1ccccc1. The van der Waals surface area contributed by atoms with E-state index in [0.29, 0.717) is 6.42 Å². The van der Waals surface area contributed by atoms with Gasteiger partial charge in [-0.1, -0.05) is 30.3 Å². The summed E-state index contributed by atoms with van der Waals surface area (Å²) in [5.74, 6) is -0.0838. The zero-order valence-electron chi connectivity index (χ0n) is 11.0. The van der Waals surface area contributed by atoms with Gasteiger partial charge in [-0.3, -0.25) is 4.79 Å². The van der Waals surface area contributed by atoms with E-state index >= 15 is 0 Å². The van der Waals surface area contributed by atoms with E-state index in [1.54, 1.807) is 6.92 Å². The number of nitrogens with one attached hydrogen (secondary N) is 1. The molecule has 1 aromatic rings. The van der Waals surface area contributed by atoms with Gasteiger partial charge in [-0.15, -0.1) is 0 Å². The molecule has 0 bridgehead atoms. The van der Waals surface area contributed by atoms with Crippen LogP contribution in [-0.2, 0) is 4.79 Å². The zero-order chi connectivity index (χ0) is 13.5. The van der Waals surface area contributed by atoms with Crippen molar-refractivity contribution in [3.8, 4) is 0 Å². The molecule has 0 fully saturated rings. The first-order valence-corrected chi connectivity index (χ1v) is 6.27. The maximum Gasteiger partial charge on any atom is 0.222 e. The second-order valence-electron chi connectivity index (χ2n) is 4.77. The van der Waals surface area contributed by atoms with Crippen molar-refractivity contribution in [3.05, 3.63) is 35.9 Å². The Balaban J connectivity index is 2.41. The van der Waals surface area contributed by atoms with Gasteiger partial charge in [0.25, 0.3) is 0 Å². The van der Waals surface area contributed by atoms with Crippen molar-refractivity contribution in [2.24, 2.45) is 5.73 Å². The lowest BCUT2D eigenvalue weighted by atomic mass is 10.0. The van der Waals surface area contributed by atoms with E-state index in [9.17, 15) is 9.90 Å². The van der Waals surface area contributed by atoms with E-state index in [4.69, 9.17) is 5.73 Å². The summed E-state index contributed by atoms with van der Waals surface area (Å²) in [7, 11) is 0. The third kappa shape index (κ3) is 5.29. The van der Waals surface area contributed by atoms with Gasteiger partial charge in [0.15, 0.2) is 0 Å². The largest absolute Gasteiger partial charge is 0.393 e. The van der Waals surface area contributed by atoms with Crippen LogP contribution in [0.1, 0.15) is 38.3 Å². The monoisotopic (exact) mass is 250 g/mol. The summed E-state index contributed by atoms with van der Waals surface area (Å²) in [6.45, 7) is 3.58. The van der Waals surface area contributed by atoms with Crippen LogP contribution in [0, 0.1) is 0 Å². The summed E-state index contributed by atoms with van der Waals surface area (Å²) in [5, 5.41) is 12.1. The Kier molecular flexibility index (Phi) is 5.82. The molecule has 1 amide bonds. The number of aliphatic hydroxyl groups is 1. The van der Waals surface area contributed by atoms with Crippen LogP contribution in [0.3, 0.4) is 0 Å². The minimum Gasteiger partial charge on any atom is -0.393 e. The van der Waals surface area contributed by atoms with Crippen LogP contribution in [0.15, 0.2) is 30.3 Å². The van der Waals surface area contributed by atoms with Gasteiger partial charge in [0.1, 0.15) is 0 Å². The molecule has 0 spiro atoms. The number of nitrogens with two attached hydrogens (primary N) is 1. The zero-order valence-corrected chi connectivity index (χ0v) is 11.0. The highest BCUT2D eigenvalue weighted by Crippen LogP contribution is 2.13. The van der Waals surface area contributed by atoms with Crippen molar-refractivity contribution in [1.82, 2.24) is 5.32 Å². The fraction of sp³-hybridized carbons (Fsp3) is 0.500. The molecule has 0 aliphatic carbocycles. The molecule has 1 aromatic carbocycles. The van der Waals surface area contributed by atoms with E-state index in [1.165, 1.54) is 0 Å². The van der Waals surface area contributed by atoms with E-state index in [-0.39, 0.29) is 24.4 Å². The number of rotatable bonds is 6. The summed E-state index contributed by atoms with van der Waals surface area (Å²) in [5.41, 5.74) is 6.92. The van der Waals surface area contributed by atoms with Gasteiger partial charge in [-0.2, -0.15) is 0 Å². The third-order valence-corrected chi connectivity index (χ3v) is 2.74. The van der Waals surface area contributed by atoms with Crippen LogP contribution < -0.4 is 11.1 Å². The molecule has 0 aromatic heterocycles. The molecule has 4 heteroatoms. The predicted molar refractivity (Wildman–Crippen MR) is 71.9 cm³/mol. The highest BCUT2D eigenvalue weighted by molar-refractivity contribution is 5.77. The second-order valence-corrected chi connectivity index (χ2v) is 4.77. The van der Waals surface area contributed by atoms with Gasteiger partial charge in [-0.25, -0.2) is 0 Å². The molecule has 0 aliphatic heterocycles. The van der Waals surface area contributed by atoms with E-state index < -0.39 is 6.10 Å². The summed E-state index contributed by atoms with van der Waals surface area (Å²) in [6, 6.07) is 9.23. The van der Waals surface area contributed by atoms with Gasteiger partial charge >= 0.3 is 0 Å². The van der Waals surface area contributed by atoms with Gasteiger partial charge < -0.3 is 16.2 Å². The molecular weight excluding hydrogens is 228 g/mol. The third-order valence-electron chi connectivity index (χ3n) is 2.74. The molecule has 18 heavy (non-hydrogen) atoms. The van der Waals surface area contributed by atoms with Gasteiger partial charge in [-0.05, 0) is 25.8 Å². The lowest BCUT2D eigenvalue weighted by molar-refractivity contribution is -0.122. The van der Waals surface area contributed by atoms with E-state index in [0.717, 1.165) is 5.56 Å². The highest BCUT2D eigenvalue weighted by atomic mass is 16.3. The summed E-state index contributed by atoms with van der Waals surface area (Å²) < 4.78 is 0. The standard InChI is InChI=1S/C14H22N2O2/c1-10(8-11(2)17)16-14(18)9-13(15)12-6-4-3-5-7-12/h3-7,10-11,13,17H,8-9,15H2,1-2H3,(H,16,18). The molecular formula is C14H22N2O2. The maximum absolute atomic E-state index is 11.7. The van der Waals surface area contributed by atoms with Crippen LogP contribution in [0.4, 0.5) is 0 Å². The quantitative estimate of drug-likeness (QED) is 0.713. The van der Waals surface area contributed by atoms with Crippen molar-refractivity contribution in [3.63, 3.8) is 0 Å². The number of benzene rings is 1. The minimum atomic E-state index is -0.414. The first-order valence-electron chi connectivity index (χ1n) is 6.27. The summed E-state index contributed by atoms with van der Waals surface area (Å²) in [4.78, 5) is 11.7. The number of carbonyl (C=O) groups excluding carboxylic acids is 1. The van der Waals surface area contributed by atoms with Crippen molar-refractivity contribution in [2.45, 2.75) is 44.9 Å². The predicted octanol–water partition coefficient (Wildman–Crippen LogP) is 1.35. The minimum absolute atomic E-state index is 0.0412. The van der Waals surface area contributed by atoms with Crippen LogP contribution in [-0.4, -0.2) is 23.2 Å². The number of aliphatic hydroxyl groups excluding tert-OH is 1. The molecule has 0 heterocycles. The molecule has 4 N–H and O–H groups in total. The van der Waals surface area contributed by atoms with E-state index in [2.05, 4.69) is 5.32 Å². The Bertz CT molecular complexity index is 365.